The molecule has 0 radical (unpaired) electrons. The second kappa shape index (κ2) is 5.65. The number of aldehydes is 1. The van der Waals surface area contributed by atoms with E-state index in [4.69, 9.17) is 5.41 Å². The second-order valence-electron chi connectivity index (χ2n) is 4.50. The van der Waals surface area contributed by atoms with Crippen LogP contribution in [0, 0.1) is 5.41 Å². The van der Waals surface area contributed by atoms with Gasteiger partial charge in [0.05, 0.1) is 30.8 Å². The number of hydrogen-bond donors (Lipinski definition) is 2. The summed E-state index contributed by atoms with van der Waals surface area (Å²) in [4.78, 5) is 19.7. The largest absolute Gasteiger partial charge is 0.480 e. The SMILES string of the molecule is COC(=N)C=Nc1cn2[nH]c(-c3ccccc3)c(C=O)c2n1. The normalized spacial score (nSPS) is 11.1. The van der Waals surface area contributed by atoms with E-state index in [1.165, 1.54) is 13.3 Å². The van der Waals surface area contributed by atoms with Gasteiger partial charge in [-0.3, -0.25) is 15.3 Å². The molecule has 0 spiro atoms. The van der Waals surface area contributed by atoms with Crippen LogP contribution in [0.25, 0.3) is 16.9 Å². The number of aliphatic imine (C=N–C) groups is 1. The van der Waals surface area contributed by atoms with Gasteiger partial charge in [-0.1, -0.05) is 30.3 Å². The number of carbonyl (C=O) groups is 1. The summed E-state index contributed by atoms with van der Waals surface area (Å²) in [7, 11) is 1.39. The fourth-order valence-corrected chi connectivity index (χ4v) is 2.11. The maximum absolute atomic E-state index is 11.4. The lowest BCUT2D eigenvalue weighted by atomic mass is 10.1. The Kier molecular flexibility index (Phi) is 3.53. The molecule has 0 fully saturated rings. The first-order valence-electron chi connectivity index (χ1n) is 6.51. The molecule has 0 atom stereocenters. The first-order valence-corrected chi connectivity index (χ1v) is 6.51. The molecule has 1 aromatic carbocycles. The number of ether oxygens (including phenoxy) is 1. The molecule has 2 aromatic heterocycles. The summed E-state index contributed by atoms with van der Waals surface area (Å²) in [6.45, 7) is 0. The van der Waals surface area contributed by atoms with E-state index in [2.05, 4.69) is 19.8 Å². The Bertz CT molecular complexity index is 861. The minimum atomic E-state index is -0.0720. The zero-order chi connectivity index (χ0) is 15.5. The van der Waals surface area contributed by atoms with Crippen molar-refractivity contribution in [2.75, 3.05) is 7.11 Å². The van der Waals surface area contributed by atoms with E-state index in [1.807, 2.05) is 30.3 Å². The Balaban J connectivity index is 2.05. The maximum atomic E-state index is 11.4. The Morgan fingerprint density at radius 1 is 1.41 bits per heavy atom. The van der Waals surface area contributed by atoms with Crippen LogP contribution in [0.15, 0.2) is 41.5 Å². The third-order valence-electron chi connectivity index (χ3n) is 3.15. The highest BCUT2D eigenvalue weighted by Gasteiger charge is 2.15. The summed E-state index contributed by atoms with van der Waals surface area (Å²) in [5, 5.41) is 10.5. The van der Waals surface area contributed by atoms with Crippen molar-refractivity contribution in [2.24, 2.45) is 4.99 Å². The number of nitrogens with zero attached hydrogens (tertiary/aromatic N) is 3. The number of H-pyrrole nitrogens is 1. The van der Waals surface area contributed by atoms with Gasteiger partial charge in [-0.25, -0.2) is 14.5 Å². The Morgan fingerprint density at radius 2 is 2.18 bits per heavy atom. The van der Waals surface area contributed by atoms with Crippen LogP contribution in [0.3, 0.4) is 0 Å². The van der Waals surface area contributed by atoms with E-state index < -0.39 is 0 Å². The number of carbonyl (C=O) groups excluding carboxylic acids is 1. The van der Waals surface area contributed by atoms with Gasteiger partial charge in [-0.2, -0.15) is 0 Å². The molecule has 110 valence electrons. The molecule has 3 rings (SSSR count). The molecule has 0 bridgehead atoms. The number of nitrogens with one attached hydrogen (secondary N) is 2. The van der Waals surface area contributed by atoms with Crippen LogP contribution in [0.4, 0.5) is 5.82 Å². The fraction of sp³-hybridized carbons (Fsp3) is 0.0667. The van der Waals surface area contributed by atoms with Gasteiger partial charge in [0.25, 0.3) is 0 Å². The number of methoxy groups -OCH3 is 1. The molecular formula is C15H13N5O2. The maximum Gasteiger partial charge on any atom is 0.224 e. The van der Waals surface area contributed by atoms with E-state index in [0.29, 0.717) is 22.7 Å². The monoisotopic (exact) mass is 295 g/mol. The van der Waals surface area contributed by atoms with Crippen molar-refractivity contribution < 1.29 is 9.53 Å². The zero-order valence-corrected chi connectivity index (χ0v) is 11.8. The van der Waals surface area contributed by atoms with Gasteiger partial charge in [-0.05, 0) is 0 Å². The quantitative estimate of drug-likeness (QED) is 0.439. The standard InChI is InChI=1S/C15H13N5O2/c1-22-12(16)7-17-13-8-20-15(18-13)11(9-21)14(19-20)10-5-3-2-4-6-10/h2-9,16,19H,1H3. The third kappa shape index (κ3) is 2.39. The van der Waals surface area contributed by atoms with E-state index in [9.17, 15) is 4.79 Å². The Morgan fingerprint density at radius 3 is 2.86 bits per heavy atom. The summed E-state index contributed by atoms with van der Waals surface area (Å²) >= 11 is 0. The number of imidazole rings is 1. The van der Waals surface area contributed by atoms with E-state index in [1.54, 1.807) is 10.7 Å². The number of aromatic amines is 1. The molecule has 0 aliphatic rings. The van der Waals surface area contributed by atoms with Crippen LogP contribution in [0.5, 0.6) is 0 Å². The summed E-state index contributed by atoms with van der Waals surface area (Å²) in [5.74, 6) is 0.313. The van der Waals surface area contributed by atoms with Gasteiger partial charge in [0.2, 0.25) is 5.90 Å². The molecule has 0 saturated heterocycles. The topological polar surface area (TPSA) is 95.6 Å². The van der Waals surface area contributed by atoms with Crippen LogP contribution in [-0.2, 0) is 4.74 Å². The van der Waals surface area contributed by atoms with Crippen molar-refractivity contribution in [3.8, 4) is 11.3 Å². The summed E-state index contributed by atoms with van der Waals surface area (Å²) in [5.41, 5.74) is 2.57. The summed E-state index contributed by atoms with van der Waals surface area (Å²) < 4.78 is 6.32. The molecule has 3 aromatic rings. The van der Waals surface area contributed by atoms with Crippen LogP contribution in [-0.4, -0.2) is 40.1 Å². The molecule has 0 aliphatic heterocycles. The molecule has 22 heavy (non-hydrogen) atoms. The van der Waals surface area contributed by atoms with Crippen LogP contribution >= 0.6 is 0 Å². The van der Waals surface area contributed by atoms with Gasteiger partial charge < -0.3 is 4.74 Å². The smallest absolute Gasteiger partial charge is 0.224 e. The van der Waals surface area contributed by atoms with Crippen molar-refractivity contribution in [2.45, 2.75) is 0 Å². The molecule has 7 nitrogen and oxygen atoms in total. The Hall–Kier alpha value is -3.22. The van der Waals surface area contributed by atoms with Crippen molar-refractivity contribution in [1.82, 2.24) is 14.6 Å². The third-order valence-corrected chi connectivity index (χ3v) is 3.15. The molecule has 7 heteroatoms. The second-order valence-corrected chi connectivity index (χ2v) is 4.50. The number of hydrogen-bond acceptors (Lipinski definition) is 5. The average Bonchev–Trinajstić information content (AvgIpc) is 3.10. The molecule has 2 N–H and O–H groups in total. The molecule has 2 heterocycles. The van der Waals surface area contributed by atoms with Crippen molar-refractivity contribution >= 4 is 29.9 Å². The van der Waals surface area contributed by atoms with Crippen LogP contribution in [0.2, 0.25) is 0 Å². The lowest BCUT2D eigenvalue weighted by Crippen LogP contribution is -1.98. The van der Waals surface area contributed by atoms with Gasteiger partial charge >= 0.3 is 0 Å². The summed E-state index contributed by atoms with van der Waals surface area (Å²) in [6.07, 6.45) is 3.67. The molecule has 0 unspecified atom stereocenters. The molecular weight excluding hydrogens is 282 g/mol. The first-order chi connectivity index (χ1) is 10.7. The highest BCUT2D eigenvalue weighted by molar-refractivity contribution is 6.25. The number of fused-ring (bicyclic) bond motifs is 1. The van der Waals surface area contributed by atoms with Gasteiger partial charge in [0.15, 0.2) is 17.8 Å². The molecule has 0 aliphatic carbocycles. The average molecular weight is 295 g/mol. The van der Waals surface area contributed by atoms with Crippen LogP contribution < -0.4 is 0 Å². The minimum absolute atomic E-state index is 0.0720. The summed E-state index contributed by atoms with van der Waals surface area (Å²) in [6, 6.07) is 9.55. The lowest BCUT2D eigenvalue weighted by molar-refractivity contribution is 0.112. The first kappa shape index (κ1) is 13.7. The van der Waals surface area contributed by atoms with Gasteiger partial charge in [0, 0.05) is 5.56 Å². The predicted octanol–water partition coefficient (Wildman–Crippen LogP) is 2.47. The zero-order valence-electron chi connectivity index (χ0n) is 11.8. The van der Waals surface area contributed by atoms with Gasteiger partial charge in [0.1, 0.15) is 0 Å². The van der Waals surface area contributed by atoms with Crippen molar-refractivity contribution in [1.29, 1.82) is 5.41 Å². The Labute approximate surface area is 125 Å². The predicted molar refractivity (Wildman–Crippen MR) is 83.3 cm³/mol. The van der Waals surface area contributed by atoms with Gasteiger partial charge in [-0.15, -0.1) is 0 Å². The van der Waals surface area contributed by atoms with E-state index >= 15 is 0 Å². The highest BCUT2D eigenvalue weighted by Crippen LogP contribution is 2.25. The number of aromatic nitrogens is 3. The van der Waals surface area contributed by atoms with E-state index in [-0.39, 0.29) is 5.90 Å². The van der Waals surface area contributed by atoms with Crippen molar-refractivity contribution in [3.05, 3.63) is 42.1 Å². The van der Waals surface area contributed by atoms with Crippen molar-refractivity contribution in [3.63, 3.8) is 0 Å². The fourth-order valence-electron chi connectivity index (χ4n) is 2.11. The number of rotatable bonds is 4. The lowest BCUT2D eigenvalue weighted by Gasteiger charge is -1.97. The van der Waals surface area contributed by atoms with Crippen LogP contribution in [0.1, 0.15) is 10.4 Å². The molecule has 0 amide bonds. The number of benzene rings is 1. The van der Waals surface area contributed by atoms with E-state index in [0.717, 1.165) is 11.8 Å². The highest BCUT2D eigenvalue weighted by atomic mass is 16.5. The minimum Gasteiger partial charge on any atom is -0.480 e. The molecule has 0 saturated carbocycles.